The summed E-state index contributed by atoms with van der Waals surface area (Å²) >= 11 is 0. The van der Waals surface area contributed by atoms with Crippen molar-refractivity contribution in [3.05, 3.63) is 47.8 Å². The smallest absolute Gasteiger partial charge is 0.342 e. The Hall–Kier alpha value is -2.63. The van der Waals surface area contributed by atoms with E-state index in [4.69, 9.17) is 4.74 Å². The Morgan fingerprint density at radius 2 is 2.09 bits per heavy atom. The molecule has 0 saturated heterocycles. The van der Waals surface area contributed by atoms with Gasteiger partial charge in [-0.15, -0.1) is 0 Å². The number of nitrogens with zero attached hydrogens (tertiary/aromatic N) is 3. The van der Waals surface area contributed by atoms with Crippen molar-refractivity contribution < 1.29 is 14.3 Å². The molecule has 6 heteroatoms. The Morgan fingerprint density at radius 3 is 2.78 bits per heavy atom. The average Bonchev–Trinajstić information content (AvgIpc) is 3.09. The lowest BCUT2D eigenvalue weighted by molar-refractivity contribution is -0.126. The number of carbonyl (C=O) groups is 2. The molecular formula is C17H19N3O3. The van der Waals surface area contributed by atoms with Crippen molar-refractivity contribution in [3.63, 3.8) is 0 Å². The van der Waals surface area contributed by atoms with Gasteiger partial charge in [-0.05, 0) is 31.9 Å². The minimum atomic E-state index is -0.851. The van der Waals surface area contributed by atoms with Crippen LogP contribution in [0.3, 0.4) is 0 Å². The number of ether oxygens (including phenoxy) is 1. The third-order valence-corrected chi connectivity index (χ3v) is 4.02. The van der Waals surface area contributed by atoms with Gasteiger partial charge in [0.1, 0.15) is 0 Å². The number of rotatable bonds is 3. The zero-order valence-electron chi connectivity index (χ0n) is 13.4. The molecule has 23 heavy (non-hydrogen) atoms. The molecule has 2 aromatic rings. The molecule has 1 aliphatic heterocycles. The SMILES string of the molecule is CC(OC(=O)c1cnn(C)c1)C(=O)N1c2ccccc2CC1C. The molecule has 0 radical (unpaired) electrons. The summed E-state index contributed by atoms with van der Waals surface area (Å²) in [4.78, 5) is 26.5. The Labute approximate surface area is 134 Å². The number of para-hydroxylation sites is 1. The van der Waals surface area contributed by atoms with Crippen molar-refractivity contribution in [1.29, 1.82) is 0 Å². The van der Waals surface area contributed by atoms with Crippen molar-refractivity contribution in [2.75, 3.05) is 4.90 Å². The van der Waals surface area contributed by atoms with Gasteiger partial charge in [-0.2, -0.15) is 5.10 Å². The van der Waals surface area contributed by atoms with E-state index in [2.05, 4.69) is 5.10 Å². The van der Waals surface area contributed by atoms with Gasteiger partial charge in [-0.3, -0.25) is 9.48 Å². The molecule has 2 heterocycles. The summed E-state index contributed by atoms with van der Waals surface area (Å²) in [7, 11) is 1.72. The first kappa shape index (κ1) is 15.3. The standard InChI is InChI=1S/C17H19N3O3/c1-11-8-13-6-4-5-7-15(13)20(11)16(21)12(2)23-17(22)14-9-18-19(3)10-14/h4-7,9-12H,8H2,1-3H3. The fraction of sp³-hybridized carbons (Fsp3) is 0.353. The van der Waals surface area contributed by atoms with Crippen molar-refractivity contribution in [2.45, 2.75) is 32.4 Å². The summed E-state index contributed by atoms with van der Waals surface area (Å²) in [6, 6.07) is 7.87. The van der Waals surface area contributed by atoms with Crippen LogP contribution in [0.1, 0.15) is 29.8 Å². The number of benzene rings is 1. The molecular weight excluding hydrogens is 294 g/mol. The summed E-state index contributed by atoms with van der Waals surface area (Å²) < 4.78 is 6.82. The highest BCUT2D eigenvalue weighted by atomic mass is 16.5. The minimum absolute atomic E-state index is 0.0550. The van der Waals surface area contributed by atoms with E-state index in [9.17, 15) is 9.59 Å². The van der Waals surface area contributed by atoms with E-state index in [1.165, 1.54) is 10.9 Å². The first-order valence-electron chi connectivity index (χ1n) is 7.58. The predicted molar refractivity (Wildman–Crippen MR) is 85.2 cm³/mol. The van der Waals surface area contributed by atoms with E-state index < -0.39 is 12.1 Å². The first-order chi connectivity index (χ1) is 11.0. The molecule has 1 aromatic carbocycles. The molecule has 0 saturated carbocycles. The minimum Gasteiger partial charge on any atom is -0.449 e. The molecule has 3 rings (SSSR count). The van der Waals surface area contributed by atoms with E-state index >= 15 is 0 Å². The number of anilines is 1. The summed E-state index contributed by atoms with van der Waals surface area (Å²) in [6.07, 6.45) is 2.95. The number of aryl methyl sites for hydroxylation is 1. The second-order valence-electron chi connectivity index (χ2n) is 5.84. The van der Waals surface area contributed by atoms with Crippen molar-refractivity contribution in [3.8, 4) is 0 Å². The van der Waals surface area contributed by atoms with Crippen molar-refractivity contribution in [2.24, 2.45) is 7.05 Å². The number of esters is 1. The highest BCUT2D eigenvalue weighted by molar-refractivity contribution is 6.00. The first-order valence-corrected chi connectivity index (χ1v) is 7.58. The van der Waals surface area contributed by atoms with Crippen LogP contribution >= 0.6 is 0 Å². The van der Waals surface area contributed by atoms with Crippen LogP contribution in [0.2, 0.25) is 0 Å². The van der Waals surface area contributed by atoms with E-state index in [0.29, 0.717) is 5.56 Å². The lowest BCUT2D eigenvalue weighted by Crippen LogP contribution is -2.43. The van der Waals surface area contributed by atoms with E-state index in [0.717, 1.165) is 17.7 Å². The van der Waals surface area contributed by atoms with Gasteiger partial charge in [0.05, 0.1) is 11.8 Å². The van der Waals surface area contributed by atoms with Crippen LogP contribution < -0.4 is 4.90 Å². The van der Waals surface area contributed by atoms with Gasteiger partial charge in [-0.25, -0.2) is 4.79 Å². The van der Waals surface area contributed by atoms with Crippen LogP contribution in [-0.2, 0) is 23.0 Å². The number of hydrogen-bond acceptors (Lipinski definition) is 4. The highest BCUT2D eigenvalue weighted by Crippen LogP contribution is 2.32. The largest absolute Gasteiger partial charge is 0.449 e. The molecule has 0 aliphatic carbocycles. The fourth-order valence-corrected chi connectivity index (χ4v) is 2.90. The molecule has 0 fully saturated rings. The summed E-state index contributed by atoms with van der Waals surface area (Å²) in [5.74, 6) is -0.751. The topological polar surface area (TPSA) is 64.4 Å². The molecule has 120 valence electrons. The summed E-state index contributed by atoms with van der Waals surface area (Å²) in [5.41, 5.74) is 2.37. The number of hydrogen-bond donors (Lipinski definition) is 0. The zero-order valence-corrected chi connectivity index (χ0v) is 13.4. The maximum atomic E-state index is 12.7. The molecule has 0 bridgehead atoms. The predicted octanol–water partition coefficient (Wildman–Crippen LogP) is 1.94. The van der Waals surface area contributed by atoms with Crippen LogP contribution in [-0.4, -0.2) is 33.8 Å². The number of fused-ring (bicyclic) bond motifs is 1. The Kier molecular flexibility index (Phi) is 3.90. The fourth-order valence-electron chi connectivity index (χ4n) is 2.90. The van der Waals surface area contributed by atoms with E-state index in [1.54, 1.807) is 25.1 Å². The Morgan fingerprint density at radius 1 is 1.35 bits per heavy atom. The molecule has 2 unspecified atom stereocenters. The molecule has 1 aromatic heterocycles. The van der Waals surface area contributed by atoms with Crippen LogP contribution in [0.25, 0.3) is 0 Å². The van der Waals surface area contributed by atoms with Gasteiger partial charge in [-0.1, -0.05) is 18.2 Å². The van der Waals surface area contributed by atoms with Crippen LogP contribution in [0.15, 0.2) is 36.7 Å². The molecule has 6 nitrogen and oxygen atoms in total. The normalized spacial score (nSPS) is 17.7. The maximum absolute atomic E-state index is 12.7. The van der Waals surface area contributed by atoms with Crippen molar-refractivity contribution in [1.82, 2.24) is 9.78 Å². The maximum Gasteiger partial charge on any atom is 0.342 e. The highest BCUT2D eigenvalue weighted by Gasteiger charge is 2.34. The average molecular weight is 313 g/mol. The third kappa shape index (κ3) is 2.84. The second kappa shape index (κ2) is 5.87. The Balaban J connectivity index is 1.74. The quantitative estimate of drug-likeness (QED) is 0.812. The molecule has 1 aliphatic rings. The van der Waals surface area contributed by atoms with Crippen molar-refractivity contribution >= 4 is 17.6 Å². The summed E-state index contributed by atoms with van der Waals surface area (Å²) in [5, 5.41) is 3.93. The zero-order chi connectivity index (χ0) is 16.6. The molecule has 0 N–H and O–H groups in total. The van der Waals surface area contributed by atoms with Crippen LogP contribution in [0.5, 0.6) is 0 Å². The molecule has 0 spiro atoms. The third-order valence-electron chi connectivity index (χ3n) is 4.02. The van der Waals surface area contributed by atoms with Gasteiger partial charge < -0.3 is 9.64 Å². The van der Waals surface area contributed by atoms with Gasteiger partial charge in [0.15, 0.2) is 6.10 Å². The molecule has 1 amide bonds. The van der Waals surface area contributed by atoms with Gasteiger partial charge in [0.25, 0.3) is 5.91 Å². The van der Waals surface area contributed by atoms with E-state index in [-0.39, 0.29) is 11.9 Å². The number of amides is 1. The lowest BCUT2D eigenvalue weighted by atomic mass is 10.1. The van der Waals surface area contributed by atoms with E-state index in [1.807, 2.05) is 31.2 Å². The second-order valence-corrected chi connectivity index (χ2v) is 5.84. The summed E-state index contributed by atoms with van der Waals surface area (Å²) in [6.45, 7) is 3.60. The van der Waals surface area contributed by atoms with Gasteiger partial charge in [0.2, 0.25) is 0 Å². The number of carbonyl (C=O) groups excluding carboxylic acids is 2. The van der Waals surface area contributed by atoms with Gasteiger partial charge in [0, 0.05) is 25.0 Å². The number of aromatic nitrogens is 2. The lowest BCUT2D eigenvalue weighted by Gasteiger charge is -2.25. The monoisotopic (exact) mass is 313 g/mol. The van der Waals surface area contributed by atoms with Crippen LogP contribution in [0.4, 0.5) is 5.69 Å². The Bertz CT molecular complexity index is 753. The molecule has 2 atom stereocenters. The van der Waals surface area contributed by atoms with Crippen LogP contribution in [0, 0.1) is 0 Å². The van der Waals surface area contributed by atoms with Gasteiger partial charge >= 0.3 is 5.97 Å².